The Kier molecular flexibility index (Phi) is 5.37. The number of ether oxygens (including phenoxy) is 1. The average molecular weight is 289 g/mol. The number of carbonyl (C=O) groups is 2. The maximum absolute atomic E-state index is 12.5. The topological polar surface area (TPSA) is 55.4 Å². The molecule has 21 heavy (non-hydrogen) atoms. The van der Waals surface area contributed by atoms with Crippen LogP contribution in [0.25, 0.3) is 0 Å². The molecule has 0 aliphatic heterocycles. The van der Waals surface area contributed by atoms with E-state index in [1.54, 1.807) is 12.1 Å². The summed E-state index contributed by atoms with van der Waals surface area (Å²) in [6.45, 7) is 3.53. The normalized spacial score (nSPS) is 23.1. The molecule has 1 aromatic rings. The van der Waals surface area contributed by atoms with Gasteiger partial charge in [0.25, 0.3) is 5.91 Å². The summed E-state index contributed by atoms with van der Waals surface area (Å²) >= 11 is 0. The minimum atomic E-state index is -0.860. The molecule has 4 heteroatoms. The molecule has 0 bridgehead atoms. The van der Waals surface area contributed by atoms with Crippen LogP contribution in [0.4, 0.5) is 0 Å². The van der Waals surface area contributed by atoms with Crippen molar-refractivity contribution < 1.29 is 14.3 Å². The van der Waals surface area contributed by atoms with Crippen molar-refractivity contribution in [1.82, 2.24) is 5.32 Å². The predicted octanol–water partition coefficient (Wildman–Crippen LogP) is 2.99. The second-order valence-electron chi connectivity index (χ2n) is 5.88. The molecular weight excluding hydrogens is 266 g/mol. The van der Waals surface area contributed by atoms with E-state index in [9.17, 15) is 9.59 Å². The molecule has 4 nitrogen and oxygen atoms in total. The van der Waals surface area contributed by atoms with Gasteiger partial charge in [0, 0.05) is 18.5 Å². The van der Waals surface area contributed by atoms with E-state index in [-0.39, 0.29) is 11.9 Å². The molecule has 3 atom stereocenters. The highest BCUT2D eigenvalue weighted by molar-refractivity contribution is 5.84. The summed E-state index contributed by atoms with van der Waals surface area (Å²) < 4.78 is 5.22. The number of nitrogens with one attached hydrogen (secondary N) is 1. The lowest BCUT2D eigenvalue weighted by atomic mass is 9.87. The van der Waals surface area contributed by atoms with Crippen molar-refractivity contribution in [2.75, 3.05) is 0 Å². The quantitative estimate of drug-likeness (QED) is 0.867. The van der Waals surface area contributed by atoms with E-state index < -0.39 is 12.1 Å². The largest absolute Gasteiger partial charge is 0.447 e. The van der Waals surface area contributed by atoms with E-state index in [2.05, 4.69) is 12.2 Å². The van der Waals surface area contributed by atoms with E-state index in [1.165, 1.54) is 13.3 Å². The van der Waals surface area contributed by atoms with Gasteiger partial charge in [-0.15, -0.1) is 0 Å². The van der Waals surface area contributed by atoms with Crippen LogP contribution < -0.4 is 5.32 Å². The Morgan fingerprint density at radius 3 is 2.57 bits per heavy atom. The third-order valence-corrected chi connectivity index (χ3v) is 3.91. The molecule has 1 fully saturated rings. The molecule has 1 aliphatic rings. The Bertz CT molecular complexity index is 486. The zero-order valence-electron chi connectivity index (χ0n) is 12.7. The van der Waals surface area contributed by atoms with E-state index >= 15 is 0 Å². The third kappa shape index (κ3) is 4.59. The first-order chi connectivity index (χ1) is 10.1. The van der Waals surface area contributed by atoms with Gasteiger partial charge in [0.05, 0.1) is 0 Å². The summed E-state index contributed by atoms with van der Waals surface area (Å²) in [6, 6.07) is 9.33. The molecule has 1 amide bonds. The maximum atomic E-state index is 12.5. The van der Waals surface area contributed by atoms with Crippen LogP contribution in [-0.4, -0.2) is 17.9 Å². The number of amides is 1. The first-order valence-electron chi connectivity index (χ1n) is 7.59. The minimum absolute atomic E-state index is 0.183. The number of esters is 1. The average Bonchev–Trinajstić information content (AvgIpc) is 2.45. The van der Waals surface area contributed by atoms with E-state index in [1.807, 2.05) is 18.2 Å². The van der Waals surface area contributed by atoms with Gasteiger partial charge in [-0.05, 0) is 18.8 Å². The van der Waals surface area contributed by atoms with Gasteiger partial charge in [-0.3, -0.25) is 9.59 Å². The van der Waals surface area contributed by atoms with Crippen molar-refractivity contribution >= 4 is 11.9 Å². The van der Waals surface area contributed by atoms with Crippen LogP contribution in [0, 0.1) is 5.92 Å². The van der Waals surface area contributed by atoms with Crippen LogP contribution in [0.1, 0.15) is 51.2 Å². The lowest BCUT2D eigenvalue weighted by Crippen LogP contribution is -2.41. The van der Waals surface area contributed by atoms with Gasteiger partial charge < -0.3 is 10.1 Å². The standard InChI is InChI=1S/C17H23NO3/c1-12-7-6-10-15(11-12)18-17(20)16(21-13(2)19)14-8-4-3-5-9-14/h3-5,8-9,12,15-16H,6-7,10-11H2,1-2H3,(H,18,20)/t12-,15+,16-/m1/s1. The zero-order chi connectivity index (χ0) is 15.2. The molecule has 1 aliphatic carbocycles. The Morgan fingerprint density at radius 2 is 1.95 bits per heavy atom. The molecule has 2 rings (SSSR count). The van der Waals surface area contributed by atoms with Crippen LogP contribution >= 0.6 is 0 Å². The van der Waals surface area contributed by atoms with Gasteiger partial charge in [-0.2, -0.15) is 0 Å². The third-order valence-electron chi connectivity index (χ3n) is 3.91. The summed E-state index contributed by atoms with van der Waals surface area (Å²) in [5.41, 5.74) is 0.703. The second kappa shape index (κ2) is 7.25. The summed E-state index contributed by atoms with van der Waals surface area (Å²) in [4.78, 5) is 23.7. The van der Waals surface area contributed by atoms with E-state index in [0.29, 0.717) is 11.5 Å². The van der Waals surface area contributed by atoms with Gasteiger partial charge in [-0.1, -0.05) is 50.1 Å². The Hall–Kier alpha value is -1.84. The summed E-state index contributed by atoms with van der Waals surface area (Å²) in [7, 11) is 0. The van der Waals surface area contributed by atoms with Crippen molar-refractivity contribution in [3.05, 3.63) is 35.9 Å². The number of hydrogen-bond donors (Lipinski definition) is 1. The van der Waals surface area contributed by atoms with Crippen molar-refractivity contribution in [1.29, 1.82) is 0 Å². The van der Waals surface area contributed by atoms with E-state index in [4.69, 9.17) is 4.74 Å². The van der Waals surface area contributed by atoms with Crippen LogP contribution in [-0.2, 0) is 14.3 Å². The fourth-order valence-corrected chi connectivity index (χ4v) is 2.91. The molecule has 0 heterocycles. The van der Waals surface area contributed by atoms with Crippen LogP contribution in [0.2, 0.25) is 0 Å². The number of benzene rings is 1. The Labute approximate surface area is 125 Å². The van der Waals surface area contributed by atoms with Crippen LogP contribution in [0.15, 0.2) is 30.3 Å². The van der Waals surface area contributed by atoms with Crippen LogP contribution in [0.3, 0.4) is 0 Å². The summed E-state index contributed by atoms with van der Waals surface area (Å²) in [5.74, 6) is -0.0422. The fourth-order valence-electron chi connectivity index (χ4n) is 2.91. The molecule has 0 aromatic heterocycles. The summed E-state index contributed by atoms with van der Waals surface area (Å²) in [6.07, 6.45) is 3.49. The number of carbonyl (C=O) groups excluding carboxylic acids is 2. The molecule has 0 spiro atoms. The van der Waals surface area contributed by atoms with Crippen molar-refractivity contribution in [3.8, 4) is 0 Å². The minimum Gasteiger partial charge on any atom is -0.447 e. The van der Waals surface area contributed by atoms with Gasteiger partial charge >= 0.3 is 5.97 Å². The number of hydrogen-bond acceptors (Lipinski definition) is 3. The maximum Gasteiger partial charge on any atom is 0.303 e. The smallest absolute Gasteiger partial charge is 0.303 e. The fraction of sp³-hybridized carbons (Fsp3) is 0.529. The lowest BCUT2D eigenvalue weighted by Gasteiger charge is -2.29. The van der Waals surface area contributed by atoms with Gasteiger partial charge in [-0.25, -0.2) is 0 Å². The van der Waals surface area contributed by atoms with Crippen molar-refractivity contribution in [3.63, 3.8) is 0 Å². The first kappa shape index (κ1) is 15.5. The lowest BCUT2D eigenvalue weighted by molar-refractivity contribution is -0.154. The van der Waals surface area contributed by atoms with Crippen LogP contribution in [0.5, 0.6) is 0 Å². The van der Waals surface area contributed by atoms with Gasteiger partial charge in [0.1, 0.15) is 0 Å². The zero-order valence-corrected chi connectivity index (χ0v) is 12.7. The summed E-state index contributed by atoms with van der Waals surface area (Å²) in [5, 5.41) is 3.04. The molecule has 1 saturated carbocycles. The second-order valence-corrected chi connectivity index (χ2v) is 5.88. The molecule has 1 N–H and O–H groups in total. The van der Waals surface area contributed by atoms with E-state index in [0.717, 1.165) is 19.3 Å². The molecule has 0 unspecified atom stereocenters. The molecule has 0 radical (unpaired) electrons. The van der Waals surface area contributed by atoms with Crippen molar-refractivity contribution in [2.24, 2.45) is 5.92 Å². The highest BCUT2D eigenvalue weighted by Gasteiger charge is 2.27. The SMILES string of the molecule is CC(=O)O[C@@H](C(=O)N[C@H]1CCC[C@@H](C)C1)c1ccccc1. The first-order valence-corrected chi connectivity index (χ1v) is 7.59. The van der Waals surface area contributed by atoms with Crippen molar-refractivity contribution in [2.45, 2.75) is 51.7 Å². The highest BCUT2D eigenvalue weighted by Crippen LogP contribution is 2.25. The van der Waals surface area contributed by atoms with Gasteiger partial charge in [0.15, 0.2) is 0 Å². The molecule has 0 saturated heterocycles. The van der Waals surface area contributed by atoms with Gasteiger partial charge in [0.2, 0.25) is 6.10 Å². The number of rotatable bonds is 4. The monoisotopic (exact) mass is 289 g/mol. The highest BCUT2D eigenvalue weighted by atomic mass is 16.5. The Balaban J connectivity index is 2.05. The molecule has 114 valence electrons. The Morgan fingerprint density at radius 1 is 1.24 bits per heavy atom. The predicted molar refractivity (Wildman–Crippen MR) is 80.5 cm³/mol. The molecular formula is C17H23NO3. The molecule has 1 aromatic carbocycles.